The molecule has 0 aliphatic rings. The van der Waals surface area contributed by atoms with Gasteiger partial charge in [-0.3, -0.25) is 37.3 Å². The Morgan fingerprint density at radius 1 is 0.302 bits per heavy atom. The summed E-state index contributed by atoms with van der Waals surface area (Å²) in [5, 5.41) is 10.6. The highest BCUT2D eigenvalue weighted by atomic mass is 31.2. The molecular formula is C77H150O17P2. The predicted octanol–water partition coefficient (Wildman–Crippen LogP) is 22.6. The maximum Gasteiger partial charge on any atom is 0.472 e. The molecule has 0 fully saturated rings. The van der Waals surface area contributed by atoms with Crippen LogP contribution in [-0.4, -0.2) is 96.7 Å². The highest BCUT2D eigenvalue weighted by molar-refractivity contribution is 7.47. The fourth-order valence-electron chi connectivity index (χ4n) is 11.7. The molecule has 0 aromatic rings. The number of rotatable bonds is 75. The number of unbranched alkanes of at least 4 members (excludes halogenated alkanes) is 42. The minimum atomic E-state index is -4.96. The van der Waals surface area contributed by atoms with E-state index in [0.717, 1.165) is 108 Å². The van der Waals surface area contributed by atoms with Crippen LogP contribution in [0.1, 0.15) is 395 Å². The van der Waals surface area contributed by atoms with Gasteiger partial charge in [-0.15, -0.1) is 0 Å². The normalized spacial score (nSPS) is 14.3. The van der Waals surface area contributed by atoms with E-state index in [1.54, 1.807) is 0 Å². The first-order valence-electron chi connectivity index (χ1n) is 39.9. The molecule has 0 rings (SSSR count). The molecule has 0 heterocycles. The van der Waals surface area contributed by atoms with Crippen LogP contribution >= 0.6 is 15.6 Å². The number of phosphoric ester groups is 2. The Morgan fingerprint density at radius 2 is 0.531 bits per heavy atom. The molecule has 570 valence electrons. The van der Waals surface area contributed by atoms with Crippen molar-refractivity contribution in [2.24, 2.45) is 17.8 Å². The third-order valence-electron chi connectivity index (χ3n) is 18.2. The van der Waals surface area contributed by atoms with Gasteiger partial charge in [0.15, 0.2) is 12.2 Å². The van der Waals surface area contributed by atoms with Crippen LogP contribution in [0.25, 0.3) is 0 Å². The largest absolute Gasteiger partial charge is 0.472 e. The molecule has 3 N–H and O–H groups in total. The molecule has 0 spiro atoms. The highest BCUT2D eigenvalue weighted by Crippen LogP contribution is 2.45. The standard InChI is InChI=1S/C77H150O17P2/c1-8-10-11-12-13-14-15-16-17-18-19-22-26-29-39-46-53-60-76(81)93-72(64-87-74(79)58-51-44-37-28-25-23-20-21-24-27-34-41-48-55-68(3)4)66-91-95(83,84)89-62-71(78)63-90-96(85,86)92-67-73(65-88-75(80)59-52-45-38-32-30-35-42-49-56-69(5)6)94-77(82)61-54-47-40-33-31-36-43-50-57-70(7)9-2/h68-73,78H,8-67H2,1-7H3,(H,83,84)(H,85,86)/t70?,71-,72-,73-/m1/s1. The quantitative estimate of drug-likeness (QED) is 0.0222. The topological polar surface area (TPSA) is 237 Å². The summed E-state index contributed by atoms with van der Waals surface area (Å²) in [5.41, 5.74) is 0. The molecule has 0 aromatic heterocycles. The van der Waals surface area contributed by atoms with Gasteiger partial charge in [-0.2, -0.15) is 0 Å². The summed E-state index contributed by atoms with van der Waals surface area (Å²) in [5.74, 6) is 0.170. The smallest absolute Gasteiger partial charge is 0.462 e. The Kier molecular flexibility index (Phi) is 66.2. The van der Waals surface area contributed by atoms with E-state index in [9.17, 15) is 43.2 Å². The average molecular weight is 1410 g/mol. The Hall–Kier alpha value is -1.94. The van der Waals surface area contributed by atoms with Crippen molar-refractivity contribution in [1.29, 1.82) is 0 Å². The average Bonchev–Trinajstić information content (AvgIpc) is 2.43. The lowest BCUT2D eigenvalue weighted by atomic mass is 9.99. The summed E-state index contributed by atoms with van der Waals surface area (Å²) in [6.45, 7) is 11.9. The van der Waals surface area contributed by atoms with Crippen molar-refractivity contribution >= 4 is 39.5 Å². The zero-order valence-corrected chi connectivity index (χ0v) is 64.6. The molecule has 0 aliphatic carbocycles. The minimum Gasteiger partial charge on any atom is -0.462 e. The van der Waals surface area contributed by atoms with Crippen molar-refractivity contribution in [2.45, 2.75) is 414 Å². The molecule has 0 saturated heterocycles. The minimum absolute atomic E-state index is 0.104. The third-order valence-corrected chi connectivity index (χ3v) is 20.1. The number of esters is 4. The van der Waals surface area contributed by atoms with Crippen molar-refractivity contribution in [1.82, 2.24) is 0 Å². The number of carbonyl (C=O) groups is 4. The Bertz CT molecular complexity index is 1870. The van der Waals surface area contributed by atoms with E-state index in [1.165, 1.54) is 205 Å². The SMILES string of the molecule is CCCCCCCCCCCCCCCCCCCC(=O)O[C@H](COC(=O)CCCCCCCCCCCCCCCC(C)C)COP(=O)(O)OC[C@@H](O)COP(=O)(O)OC[C@@H](COC(=O)CCCCCCCCCCC(C)C)OC(=O)CCCCCCCCCCC(C)CC. The summed E-state index contributed by atoms with van der Waals surface area (Å²) in [6.07, 6.45) is 54.1. The number of aliphatic hydroxyl groups is 1. The van der Waals surface area contributed by atoms with Gasteiger partial charge in [0.1, 0.15) is 19.3 Å². The van der Waals surface area contributed by atoms with Crippen LogP contribution in [0.5, 0.6) is 0 Å². The molecule has 0 aliphatic heterocycles. The summed E-state index contributed by atoms with van der Waals surface area (Å²) in [7, 11) is -9.91. The van der Waals surface area contributed by atoms with Crippen LogP contribution in [0.3, 0.4) is 0 Å². The van der Waals surface area contributed by atoms with Crippen LogP contribution in [0.4, 0.5) is 0 Å². The van der Waals surface area contributed by atoms with Crippen LogP contribution in [0, 0.1) is 17.8 Å². The first-order valence-corrected chi connectivity index (χ1v) is 42.9. The number of aliphatic hydroxyl groups excluding tert-OH is 1. The van der Waals surface area contributed by atoms with Crippen molar-refractivity contribution in [2.75, 3.05) is 39.6 Å². The first kappa shape index (κ1) is 94.1. The van der Waals surface area contributed by atoms with Gasteiger partial charge in [-0.1, -0.05) is 344 Å². The van der Waals surface area contributed by atoms with Gasteiger partial charge in [0.05, 0.1) is 26.4 Å². The maximum absolute atomic E-state index is 13.1. The Morgan fingerprint density at radius 3 is 0.792 bits per heavy atom. The molecule has 0 saturated carbocycles. The van der Waals surface area contributed by atoms with Gasteiger partial charge in [0.25, 0.3) is 0 Å². The van der Waals surface area contributed by atoms with Gasteiger partial charge < -0.3 is 33.8 Å². The molecular weight excluding hydrogens is 1260 g/mol. The van der Waals surface area contributed by atoms with Gasteiger partial charge in [0.2, 0.25) is 0 Å². The summed E-state index contributed by atoms with van der Waals surface area (Å²) in [6, 6.07) is 0. The van der Waals surface area contributed by atoms with E-state index in [1.807, 2.05) is 0 Å². The van der Waals surface area contributed by atoms with E-state index in [-0.39, 0.29) is 25.7 Å². The summed E-state index contributed by atoms with van der Waals surface area (Å²) in [4.78, 5) is 72.9. The van der Waals surface area contributed by atoms with Crippen LogP contribution < -0.4 is 0 Å². The highest BCUT2D eigenvalue weighted by Gasteiger charge is 2.30. The number of ether oxygens (including phenoxy) is 4. The summed E-state index contributed by atoms with van der Waals surface area (Å²) < 4.78 is 68.6. The monoisotopic (exact) mass is 1410 g/mol. The van der Waals surface area contributed by atoms with Crippen molar-refractivity contribution in [3.63, 3.8) is 0 Å². The lowest BCUT2D eigenvalue weighted by molar-refractivity contribution is -0.161. The molecule has 19 heteroatoms. The Balaban J connectivity index is 5.26. The lowest BCUT2D eigenvalue weighted by Crippen LogP contribution is -2.30. The second kappa shape index (κ2) is 67.5. The van der Waals surface area contributed by atoms with Gasteiger partial charge >= 0.3 is 39.5 Å². The van der Waals surface area contributed by atoms with Crippen LogP contribution in [-0.2, 0) is 65.4 Å². The zero-order chi connectivity index (χ0) is 70.9. The van der Waals surface area contributed by atoms with Crippen LogP contribution in [0.15, 0.2) is 0 Å². The predicted molar refractivity (Wildman–Crippen MR) is 391 cm³/mol. The fourth-order valence-corrected chi connectivity index (χ4v) is 13.3. The third kappa shape index (κ3) is 69.2. The van der Waals surface area contributed by atoms with E-state index in [2.05, 4.69) is 48.5 Å². The lowest BCUT2D eigenvalue weighted by Gasteiger charge is -2.21. The summed E-state index contributed by atoms with van der Waals surface area (Å²) >= 11 is 0. The molecule has 0 amide bonds. The molecule has 3 unspecified atom stereocenters. The maximum atomic E-state index is 13.1. The van der Waals surface area contributed by atoms with E-state index in [0.29, 0.717) is 25.7 Å². The molecule has 6 atom stereocenters. The first-order chi connectivity index (χ1) is 46.3. The fraction of sp³-hybridized carbons (Fsp3) is 0.948. The van der Waals surface area contributed by atoms with Crippen molar-refractivity contribution in [3.05, 3.63) is 0 Å². The molecule has 17 nitrogen and oxygen atoms in total. The Labute approximate surface area is 588 Å². The number of phosphoric acid groups is 2. The van der Waals surface area contributed by atoms with Crippen molar-refractivity contribution < 1.29 is 80.2 Å². The zero-order valence-electron chi connectivity index (χ0n) is 62.8. The van der Waals surface area contributed by atoms with Gasteiger partial charge in [0, 0.05) is 25.7 Å². The van der Waals surface area contributed by atoms with Crippen LogP contribution in [0.2, 0.25) is 0 Å². The van der Waals surface area contributed by atoms with Gasteiger partial charge in [-0.25, -0.2) is 9.13 Å². The number of carbonyl (C=O) groups excluding carboxylic acids is 4. The van der Waals surface area contributed by atoms with E-state index < -0.39 is 97.5 Å². The van der Waals surface area contributed by atoms with E-state index in [4.69, 9.17) is 37.0 Å². The molecule has 96 heavy (non-hydrogen) atoms. The van der Waals surface area contributed by atoms with Gasteiger partial charge in [-0.05, 0) is 43.4 Å². The second-order valence-corrected chi connectivity index (χ2v) is 31.8. The molecule has 0 bridgehead atoms. The number of hydrogen-bond acceptors (Lipinski definition) is 15. The molecule has 0 aromatic carbocycles. The second-order valence-electron chi connectivity index (χ2n) is 28.9. The van der Waals surface area contributed by atoms with E-state index >= 15 is 0 Å². The van der Waals surface area contributed by atoms with Crippen molar-refractivity contribution in [3.8, 4) is 0 Å². The number of hydrogen-bond donors (Lipinski definition) is 3. The molecule has 0 radical (unpaired) electrons.